The van der Waals surface area contributed by atoms with Gasteiger partial charge in [0.25, 0.3) is 0 Å². The first kappa shape index (κ1) is 16.8. The van der Waals surface area contributed by atoms with Gasteiger partial charge in [0.1, 0.15) is 0 Å². The Morgan fingerprint density at radius 1 is 1.38 bits per heavy atom. The Labute approximate surface area is 95.9 Å². The van der Waals surface area contributed by atoms with E-state index in [-0.39, 0.29) is 59.1 Å². The van der Waals surface area contributed by atoms with Gasteiger partial charge < -0.3 is 14.4 Å². The molecule has 0 radical (unpaired) electrons. The summed E-state index contributed by atoms with van der Waals surface area (Å²) in [5.74, 6) is 0. The summed E-state index contributed by atoms with van der Waals surface area (Å²) in [5.41, 5.74) is 0. The molecule has 0 aliphatic rings. The quantitative estimate of drug-likeness (QED) is 0.294. The molecule has 4 nitrogen and oxygen atoms in total. The molecule has 0 unspecified atom stereocenters. The molecule has 0 aliphatic heterocycles. The van der Waals surface area contributed by atoms with Crippen LogP contribution in [-0.2, 0) is 8.64 Å². The minimum Gasteiger partial charge on any atom is -0.789 e. The van der Waals surface area contributed by atoms with Crippen molar-refractivity contribution in [1.29, 1.82) is 0 Å². The van der Waals surface area contributed by atoms with E-state index in [0.29, 0.717) is 0 Å². The predicted octanol–water partition coefficient (Wildman–Crippen LogP) is -7.01. The van der Waals surface area contributed by atoms with E-state index < -0.39 is 7.82 Å². The molecule has 0 rings (SSSR count). The van der Waals surface area contributed by atoms with Crippen molar-refractivity contribution in [2.24, 2.45) is 0 Å². The van der Waals surface area contributed by atoms with Crippen LogP contribution < -0.4 is 68.9 Å². The van der Waals surface area contributed by atoms with Crippen LogP contribution in [0, 0.1) is 0 Å². The number of rotatable bonds is 1. The van der Waals surface area contributed by atoms with E-state index >= 15 is 0 Å². The predicted molar refractivity (Wildman–Crippen MR) is 14.5 cm³/mol. The van der Waals surface area contributed by atoms with Gasteiger partial charge in [-0.1, -0.05) is 0 Å². The number of hydrogen-bond acceptors (Lipinski definition) is 4. The molecule has 0 aliphatic carbocycles. The smallest absolute Gasteiger partial charge is 0.789 e. The van der Waals surface area contributed by atoms with Crippen LogP contribution in [0.25, 0.3) is 0 Å². The van der Waals surface area contributed by atoms with Gasteiger partial charge in [-0.2, -0.15) is 0 Å². The summed E-state index contributed by atoms with van der Waals surface area (Å²) >= 11 is 4.09. The summed E-state index contributed by atoms with van der Waals surface area (Å²) in [5, 5.41) is 0. The van der Waals surface area contributed by atoms with Crippen LogP contribution in [0.3, 0.4) is 0 Å². The standard InChI is InChI=1S/ClH2O4P.2Na/c1-5-6(2,3)4;;/h(H2,2,3,4);;/q;2*+1/p-2. The summed E-state index contributed by atoms with van der Waals surface area (Å²) < 4.78 is 12.0. The summed E-state index contributed by atoms with van der Waals surface area (Å²) in [4.78, 5) is 18.2. The van der Waals surface area contributed by atoms with Crippen LogP contribution in [0.5, 0.6) is 0 Å². The molecule has 0 aromatic heterocycles. The zero-order valence-electron chi connectivity index (χ0n) is 4.46. The van der Waals surface area contributed by atoms with Crippen LogP contribution in [0.15, 0.2) is 0 Å². The normalized spacial score (nSPS) is 8.88. The zero-order chi connectivity index (χ0) is 5.21. The van der Waals surface area contributed by atoms with Crippen LogP contribution in [0.2, 0.25) is 0 Å². The minimum absolute atomic E-state index is 0. The van der Waals surface area contributed by atoms with Crippen molar-refractivity contribution in [3.63, 3.8) is 0 Å². The molecular weight excluding hydrogens is 176 g/mol. The van der Waals surface area contributed by atoms with E-state index in [2.05, 4.69) is 15.9 Å². The topological polar surface area (TPSA) is 72.4 Å². The van der Waals surface area contributed by atoms with Gasteiger partial charge >= 0.3 is 59.1 Å². The molecule has 0 N–H and O–H groups in total. The second kappa shape index (κ2) is 7.51. The molecule has 0 aromatic carbocycles. The maximum Gasteiger partial charge on any atom is 1.00 e. The Bertz CT molecular complexity index is 78.1. The van der Waals surface area contributed by atoms with Crippen molar-refractivity contribution in [1.82, 2.24) is 0 Å². The van der Waals surface area contributed by atoms with Crippen molar-refractivity contribution < 1.29 is 77.5 Å². The third-order valence-electron chi connectivity index (χ3n) is 0.0845. The van der Waals surface area contributed by atoms with Crippen LogP contribution in [-0.4, -0.2) is 0 Å². The van der Waals surface area contributed by atoms with Crippen molar-refractivity contribution >= 4 is 19.7 Å². The maximum absolute atomic E-state index is 9.12. The SMILES string of the molecule is O=P([O-])([O-])OCl.[Na+].[Na+]. The molecule has 0 saturated carbocycles. The Morgan fingerprint density at radius 2 is 1.50 bits per heavy atom. The Morgan fingerprint density at radius 3 is 1.50 bits per heavy atom. The molecule has 0 aromatic rings. The fraction of sp³-hybridized carbons (Fsp3) is 0. The molecule has 0 heterocycles. The maximum atomic E-state index is 9.12. The third-order valence-corrected chi connectivity index (χ3v) is 0.761. The molecule has 0 saturated heterocycles. The summed E-state index contributed by atoms with van der Waals surface area (Å²) in [6.07, 6.45) is 0. The molecular formula is ClNa2O4P. The number of phosphoric acid groups is 1. The molecule has 8 heteroatoms. The summed E-state index contributed by atoms with van der Waals surface area (Å²) in [7, 11) is -4.88. The van der Waals surface area contributed by atoms with Gasteiger partial charge in [-0.05, 0) is 0 Å². The van der Waals surface area contributed by atoms with Gasteiger partial charge in [0.15, 0.2) is 0 Å². The minimum atomic E-state index is -4.88. The monoisotopic (exact) mass is 176 g/mol. The first-order chi connectivity index (χ1) is 2.56. The second-order valence-corrected chi connectivity index (χ2v) is 1.96. The van der Waals surface area contributed by atoms with E-state index in [9.17, 15) is 0 Å². The summed E-state index contributed by atoms with van der Waals surface area (Å²) in [6.45, 7) is 0. The van der Waals surface area contributed by atoms with Crippen molar-refractivity contribution in [3.05, 3.63) is 0 Å². The van der Waals surface area contributed by atoms with Gasteiger partial charge in [-0.25, -0.2) is 4.08 Å². The molecule has 8 heavy (non-hydrogen) atoms. The third kappa shape index (κ3) is 15.8. The zero-order valence-corrected chi connectivity index (χ0v) is 10.1. The Kier molecular flexibility index (Phi) is 15.7. The van der Waals surface area contributed by atoms with Crippen molar-refractivity contribution in [3.8, 4) is 0 Å². The van der Waals surface area contributed by atoms with Gasteiger partial charge in [0.05, 0.1) is 19.7 Å². The second-order valence-electron chi connectivity index (χ2n) is 0.516. The van der Waals surface area contributed by atoms with Crippen molar-refractivity contribution in [2.75, 3.05) is 0 Å². The average Bonchev–Trinajstić information content (AvgIpc) is 1.35. The first-order valence-electron chi connectivity index (χ1n) is 0.885. The van der Waals surface area contributed by atoms with Crippen molar-refractivity contribution in [2.45, 2.75) is 0 Å². The number of halogens is 1. The number of hydrogen-bond donors (Lipinski definition) is 0. The molecule has 38 valence electrons. The van der Waals surface area contributed by atoms with Crippen LogP contribution >= 0.6 is 19.7 Å². The Hall–Kier alpha value is 2.40. The van der Waals surface area contributed by atoms with Gasteiger partial charge in [0.2, 0.25) is 0 Å². The fourth-order valence-electron chi connectivity index (χ4n) is 0. The van der Waals surface area contributed by atoms with Gasteiger partial charge in [-0.15, -0.1) is 0 Å². The molecule has 0 fully saturated rings. The van der Waals surface area contributed by atoms with E-state index in [4.69, 9.17) is 14.4 Å². The fourth-order valence-corrected chi connectivity index (χ4v) is 0. The molecule has 0 spiro atoms. The van der Waals surface area contributed by atoms with E-state index in [0.717, 1.165) is 0 Å². The van der Waals surface area contributed by atoms with Crippen LogP contribution in [0.1, 0.15) is 0 Å². The van der Waals surface area contributed by atoms with Crippen LogP contribution in [0.4, 0.5) is 0 Å². The molecule has 0 amide bonds. The first-order valence-corrected chi connectivity index (χ1v) is 2.65. The van der Waals surface area contributed by atoms with Gasteiger partial charge in [0, 0.05) is 0 Å². The molecule has 0 bridgehead atoms. The van der Waals surface area contributed by atoms with E-state index in [1.807, 2.05) is 0 Å². The van der Waals surface area contributed by atoms with Gasteiger partial charge in [-0.3, -0.25) is 0 Å². The van der Waals surface area contributed by atoms with E-state index in [1.165, 1.54) is 0 Å². The average molecular weight is 176 g/mol. The Balaban J connectivity index is -0.000000125. The summed E-state index contributed by atoms with van der Waals surface area (Å²) in [6, 6.07) is 0. The van der Waals surface area contributed by atoms with E-state index in [1.54, 1.807) is 0 Å². The molecule has 0 atom stereocenters. The largest absolute Gasteiger partial charge is 1.00 e.